The van der Waals surface area contributed by atoms with Gasteiger partial charge < -0.3 is 15.1 Å². The number of imidazole rings is 1. The van der Waals surface area contributed by atoms with Crippen LogP contribution in [0.2, 0.25) is 18.1 Å². The Labute approximate surface area is 208 Å². The Morgan fingerprint density at radius 3 is 2.50 bits per heavy atom. The quantitative estimate of drug-likeness (QED) is 0.147. The number of aromatic nitrogens is 3. The number of hydrogen-bond acceptors (Lipinski definition) is 5. The van der Waals surface area contributed by atoms with E-state index in [1.807, 2.05) is 25.2 Å². The molecule has 0 fully saturated rings. The molecule has 0 saturated heterocycles. The number of nitrogens with one attached hydrogen (secondary N) is 2. The highest BCUT2D eigenvalue weighted by Gasteiger charge is 2.37. The van der Waals surface area contributed by atoms with Crippen LogP contribution in [0.5, 0.6) is 0 Å². The molecule has 0 saturated carbocycles. The number of benzene rings is 1. The molecule has 0 atom stereocenters. The molecule has 0 unspecified atom stereocenters. The van der Waals surface area contributed by atoms with Crippen LogP contribution in [0.25, 0.3) is 22.5 Å². The molecule has 184 valence electrons. The van der Waals surface area contributed by atoms with Crippen molar-refractivity contribution in [2.75, 3.05) is 17.6 Å². The van der Waals surface area contributed by atoms with Crippen molar-refractivity contribution in [3.05, 3.63) is 48.4 Å². The lowest BCUT2D eigenvalue weighted by molar-refractivity contribution is 0.449. The third kappa shape index (κ3) is 6.93. The molecule has 0 spiro atoms. The Morgan fingerprint density at radius 2 is 1.85 bits per heavy atom. The summed E-state index contributed by atoms with van der Waals surface area (Å²) >= 11 is 1.68. The SMILES string of the molecule is CC(C)CNc1cc(-c2nc(SCCCC(C)(C)[Si](C)(C)O)[nH]c2-c2ccc(F)cc2)ccn1. The van der Waals surface area contributed by atoms with E-state index in [-0.39, 0.29) is 10.9 Å². The lowest BCUT2D eigenvalue weighted by atomic mass is 10.1. The van der Waals surface area contributed by atoms with E-state index in [0.29, 0.717) is 5.92 Å². The lowest BCUT2D eigenvalue weighted by Gasteiger charge is -2.35. The predicted octanol–water partition coefficient (Wildman–Crippen LogP) is 7.20. The van der Waals surface area contributed by atoms with Gasteiger partial charge in [-0.25, -0.2) is 14.4 Å². The smallest absolute Gasteiger partial charge is 0.188 e. The molecule has 3 aromatic rings. The average Bonchev–Trinajstić information content (AvgIpc) is 3.19. The summed E-state index contributed by atoms with van der Waals surface area (Å²) in [4.78, 5) is 23.4. The summed E-state index contributed by atoms with van der Waals surface area (Å²) in [6.45, 7) is 13.5. The summed E-state index contributed by atoms with van der Waals surface area (Å²) in [6, 6.07) is 10.5. The maximum Gasteiger partial charge on any atom is 0.188 e. The first-order chi connectivity index (χ1) is 16.0. The van der Waals surface area contributed by atoms with E-state index >= 15 is 0 Å². The number of nitrogens with zero attached hydrogens (tertiary/aromatic N) is 2. The van der Waals surface area contributed by atoms with E-state index in [4.69, 9.17) is 4.98 Å². The van der Waals surface area contributed by atoms with Crippen LogP contribution in [0.1, 0.15) is 40.5 Å². The standard InChI is InChI=1S/C26H37FN4OSSi/c1-18(2)17-29-22-16-20(12-14-28-22)24-23(19-8-10-21(27)11-9-19)30-25(31-24)33-15-7-13-26(3,4)34(5,6)32/h8-12,14,16,18,32H,7,13,15,17H2,1-6H3,(H,28,29)(H,30,31). The van der Waals surface area contributed by atoms with Crippen molar-refractivity contribution < 1.29 is 9.19 Å². The van der Waals surface area contributed by atoms with E-state index in [9.17, 15) is 9.19 Å². The molecule has 0 aliphatic carbocycles. The second-order valence-corrected chi connectivity index (χ2v) is 15.9. The van der Waals surface area contributed by atoms with Gasteiger partial charge in [-0.1, -0.05) is 39.5 Å². The van der Waals surface area contributed by atoms with Gasteiger partial charge in [-0.05, 0) is 73.3 Å². The maximum atomic E-state index is 13.6. The van der Waals surface area contributed by atoms with Gasteiger partial charge in [0.15, 0.2) is 13.5 Å². The zero-order valence-corrected chi connectivity index (χ0v) is 22.9. The summed E-state index contributed by atoms with van der Waals surface area (Å²) in [6.07, 6.45) is 3.76. The number of anilines is 1. The number of pyridine rings is 1. The van der Waals surface area contributed by atoms with Gasteiger partial charge in [0.1, 0.15) is 11.6 Å². The summed E-state index contributed by atoms with van der Waals surface area (Å²) in [5.41, 5.74) is 3.54. The molecular weight excluding hydrogens is 463 g/mol. The number of thioether (sulfide) groups is 1. The lowest BCUT2D eigenvalue weighted by Crippen LogP contribution is -2.38. The molecule has 3 N–H and O–H groups in total. The highest BCUT2D eigenvalue weighted by atomic mass is 32.2. The van der Waals surface area contributed by atoms with Gasteiger partial charge in [0, 0.05) is 29.6 Å². The minimum absolute atomic E-state index is 0.0302. The second kappa shape index (κ2) is 11.1. The van der Waals surface area contributed by atoms with Gasteiger partial charge in [-0.3, -0.25) is 0 Å². The number of aromatic amines is 1. The Morgan fingerprint density at radius 1 is 1.15 bits per heavy atom. The molecule has 5 nitrogen and oxygen atoms in total. The Kier molecular flexibility index (Phi) is 8.60. The third-order valence-corrected chi connectivity index (χ3v) is 10.9. The van der Waals surface area contributed by atoms with E-state index in [1.54, 1.807) is 30.1 Å². The molecule has 3 rings (SSSR count). The Balaban J connectivity index is 1.83. The number of hydrogen-bond donors (Lipinski definition) is 3. The third-order valence-electron chi connectivity index (χ3n) is 6.38. The van der Waals surface area contributed by atoms with Crippen LogP contribution in [-0.4, -0.2) is 40.4 Å². The molecule has 0 bridgehead atoms. The van der Waals surface area contributed by atoms with E-state index < -0.39 is 8.32 Å². The van der Waals surface area contributed by atoms with Crippen LogP contribution < -0.4 is 5.32 Å². The van der Waals surface area contributed by atoms with Crippen molar-refractivity contribution in [3.8, 4) is 22.5 Å². The fourth-order valence-corrected chi connectivity index (χ4v) is 5.03. The first kappa shape index (κ1) is 26.4. The maximum absolute atomic E-state index is 13.6. The predicted molar refractivity (Wildman–Crippen MR) is 144 cm³/mol. The molecule has 0 aliphatic heterocycles. The largest absolute Gasteiger partial charge is 0.432 e. The molecular formula is C26H37FN4OSSi. The highest BCUT2D eigenvalue weighted by Crippen LogP contribution is 2.40. The minimum atomic E-state index is -2.21. The van der Waals surface area contributed by atoms with Crippen LogP contribution in [0.15, 0.2) is 47.8 Å². The van der Waals surface area contributed by atoms with Crippen molar-refractivity contribution in [3.63, 3.8) is 0 Å². The van der Waals surface area contributed by atoms with E-state index in [1.165, 1.54) is 12.1 Å². The summed E-state index contributed by atoms with van der Waals surface area (Å²) in [7, 11) is -2.21. The van der Waals surface area contributed by atoms with E-state index in [0.717, 1.165) is 58.6 Å². The molecule has 0 amide bonds. The van der Waals surface area contributed by atoms with Crippen molar-refractivity contribution in [2.45, 2.75) is 63.8 Å². The molecule has 0 radical (unpaired) electrons. The molecule has 34 heavy (non-hydrogen) atoms. The molecule has 1 aromatic carbocycles. The van der Waals surface area contributed by atoms with E-state index in [2.05, 4.69) is 43.0 Å². The molecule has 2 heterocycles. The van der Waals surface area contributed by atoms with Gasteiger partial charge >= 0.3 is 0 Å². The van der Waals surface area contributed by atoms with Gasteiger partial charge in [0.05, 0.1) is 11.4 Å². The van der Waals surface area contributed by atoms with Crippen LogP contribution in [0.4, 0.5) is 10.2 Å². The van der Waals surface area contributed by atoms with Gasteiger partial charge in [0.25, 0.3) is 0 Å². The fourth-order valence-electron chi connectivity index (χ4n) is 3.43. The zero-order chi connectivity index (χ0) is 24.9. The van der Waals surface area contributed by atoms with Crippen LogP contribution in [0, 0.1) is 11.7 Å². The van der Waals surface area contributed by atoms with Gasteiger partial charge in [-0.15, -0.1) is 0 Å². The number of rotatable bonds is 11. The topological polar surface area (TPSA) is 73.8 Å². The molecule has 8 heteroatoms. The highest BCUT2D eigenvalue weighted by molar-refractivity contribution is 7.99. The van der Waals surface area contributed by atoms with Crippen LogP contribution >= 0.6 is 11.8 Å². The monoisotopic (exact) mass is 500 g/mol. The fraction of sp³-hybridized carbons (Fsp3) is 0.462. The first-order valence-electron chi connectivity index (χ1n) is 11.9. The Hall–Kier alpha value is -2.16. The van der Waals surface area contributed by atoms with Crippen molar-refractivity contribution in [1.82, 2.24) is 15.0 Å². The van der Waals surface area contributed by atoms with Crippen LogP contribution in [-0.2, 0) is 0 Å². The Bertz CT molecular complexity index is 1080. The second-order valence-electron chi connectivity index (χ2n) is 10.4. The summed E-state index contributed by atoms with van der Waals surface area (Å²) in [5, 5.41) is 4.18. The van der Waals surface area contributed by atoms with Crippen molar-refractivity contribution in [2.24, 2.45) is 5.92 Å². The molecule has 0 aliphatic rings. The zero-order valence-electron chi connectivity index (χ0n) is 21.1. The normalized spacial score (nSPS) is 12.4. The van der Waals surface area contributed by atoms with Gasteiger partial charge in [0.2, 0.25) is 0 Å². The minimum Gasteiger partial charge on any atom is -0.432 e. The molecule has 2 aromatic heterocycles. The first-order valence-corrected chi connectivity index (χ1v) is 15.8. The summed E-state index contributed by atoms with van der Waals surface area (Å²) in [5.74, 6) is 1.96. The van der Waals surface area contributed by atoms with Crippen LogP contribution in [0.3, 0.4) is 0 Å². The average molecular weight is 501 g/mol. The summed E-state index contributed by atoms with van der Waals surface area (Å²) < 4.78 is 13.6. The van der Waals surface area contributed by atoms with Crippen molar-refractivity contribution >= 4 is 25.9 Å². The number of H-pyrrole nitrogens is 1. The van der Waals surface area contributed by atoms with Crippen molar-refractivity contribution in [1.29, 1.82) is 0 Å². The number of halogens is 1. The van der Waals surface area contributed by atoms with Gasteiger partial charge in [-0.2, -0.15) is 0 Å².